The molecule has 0 unspecified atom stereocenters. The minimum absolute atomic E-state index is 0.464. The summed E-state index contributed by atoms with van der Waals surface area (Å²) in [4.78, 5) is 2.18. The summed E-state index contributed by atoms with van der Waals surface area (Å²) in [7, 11) is 3.88. The first-order valence-corrected chi connectivity index (χ1v) is 9.21. The maximum atomic E-state index is 5.34. The Morgan fingerprint density at radius 1 is 0.958 bits per heavy atom. The van der Waals surface area contributed by atoms with Gasteiger partial charge < -0.3 is 4.74 Å². The van der Waals surface area contributed by atoms with Gasteiger partial charge in [0.05, 0.1) is 0 Å². The van der Waals surface area contributed by atoms with Crippen LogP contribution in [0.2, 0.25) is 0 Å². The topological polar surface area (TPSA) is 28.1 Å². The average Bonchev–Trinajstić information content (AvgIpc) is 3.09. The fourth-order valence-electron chi connectivity index (χ4n) is 2.24. The van der Waals surface area contributed by atoms with Gasteiger partial charge in [-0.25, -0.2) is 5.01 Å². The first kappa shape index (κ1) is 16.4. The van der Waals surface area contributed by atoms with E-state index >= 15 is 0 Å². The van der Waals surface area contributed by atoms with E-state index in [-0.39, 0.29) is 0 Å². The number of ether oxygens (including phenoxy) is 1. The van der Waals surface area contributed by atoms with E-state index in [2.05, 4.69) is 54.5 Å². The van der Waals surface area contributed by atoms with Crippen LogP contribution in [0.5, 0.6) is 0 Å². The number of rotatable bonds is 1. The van der Waals surface area contributed by atoms with Gasteiger partial charge in [0.15, 0.2) is 0 Å². The van der Waals surface area contributed by atoms with Gasteiger partial charge in [-0.15, -0.1) is 5.10 Å². The molecule has 0 atom stereocenters. The van der Waals surface area contributed by atoms with Crippen molar-refractivity contribution >= 4 is 31.0 Å². The van der Waals surface area contributed by atoms with E-state index < -0.39 is 0 Å². The normalized spacial score (nSPS) is 15.5. The van der Waals surface area contributed by atoms with Crippen LogP contribution in [0.1, 0.15) is 5.56 Å². The number of hydrazone groups is 1. The van der Waals surface area contributed by atoms with E-state index in [0.29, 0.717) is 26.7 Å². The van der Waals surface area contributed by atoms with E-state index in [1.807, 2.05) is 30.3 Å². The molecule has 0 saturated heterocycles. The summed E-state index contributed by atoms with van der Waals surface area (Å²) in [6.45, 7) is 7.70. The Balaban J connectivity index is 0.000000143. The molecule has 0 aromatic heterocycles. The van der Waals surface area contributed by atoms with E-state index in [4.69, 9.17) is 4.74 Å². The summed E-state index contributed by atoms with van der Waals surface area (Å²) in [6, 6.07) is 18.2. The second-order valence-electron chi connectivity index (χ2n) is 5.31. The molecule has 4 rings (SSSR count). The Morgan fingerprint density at radius 3 is 2.25 bits per heavy atom. The molecule has 0 spiro atoms. The van der Waals surface area contributed by atoms with Gasteiger partial charge in [0.2, 0.25) is 11.8 Å². The van der Waals surface area contributed by atoms with Gasteiger partial charge in [-0.05, 0) is 18.7 Å². The molecule has 0 aliphatic carbocycles. The van der Waals surface area contributed by atoms with Gasteiger partial charge in [0, 0.05) is 12.6 Å². The second kappa shape index (κ2) is 6.95. The van der Waals surface area contributed by atoms with Crippen molar-refractivity contribution in [3.8, 4) is 0 Å². The van der Waals surface area contributed by atoms with Crippen LogP contribution in [0.15, 0.2) is 83.3 Å². The first-order valence-electron chi connectivity index (χ1n) is 7.50. The number of anilines is 1. The number of hydrogen-bond donors (Lipinski definition) is 0. The van der Waals surface area contributed by atoms with Crippen LogP contribution in [0.4, 0.5) is 5.69 Å². The van der Waals surface area contributed by atoms with Crippen LogP contribution < -0.4 is 9.36 Å². The quantitative estimate of drug-likeness (QED) is 0.708. The van der Waals surface area contributed by atoms with Crippen LogP contribution >= 0.6 is 0 Å². The summed E-state index contributed by atoms with van der Waals surface area (Å²) in [5.74, 6) is 1.16. The van der Waals surface area contributed by atoms with E-state index in [1.165, 1.54) is 14.7 Å². The Morgan fingerprint density at radius 2 is 1.62 bits per heavy atom. The van der Waals surface area contributed by atoms with Crippen molar-refractivity contribution in [2.24, 2.45) is 5.10 Å². The summed E-state index contributed by atoms with van der Waals surface area (Å²) in [6.07, 6.45) is 0. The molecule has 2 aromatic rings. The van der Waals surface area contributed by atoms with E-state index in [1.54, 1.807) is 12.1 Å². The molecule has 0 saturated carbocycles. The molecule has 24 heavy (non-hydrogen) atoms. The predicted molar refractivity (Wildman–Crippen MR) is 100 cm³/mol. The summed E-state index contributed by atoms with van der Waals surface area (Å²) < 4.78 is 8.04. The Hall–Kier alpha value is -2.49. The molecule has 5 heteroatoms. The first-order chi connectivity index (χ1) is 11.6. The fourth-order valence-corrected chi connectivity index (χ4v) is 4.22. The van der Waals surface area contributed by atoms with E-state index in [0.717, 1.165) is 5.56 Å². The van der Waals surface area contributed by atoms with Crippen molar-refractivity contribution in [2.75, 3.05) is 19.0 Å². The van der Waals surface area contributed by atoms with Gasteiger partial charge in [0.1, 0.15) is 0 Å². The van der Waals surface area contributed by atoms with Crippen LogP contribution in [-0.4, -0.2) is 40.0 Å². The van der Waals surface area contributed by atoms with Crippen LogP contribution in [0.3, 0.4) is 0 Å². The molecule has 122 valence electrons. The summed E-state index contributed by atoms with van der Waals surface area (Å²) in [5.41, 5.74) is 2.30. The van der Waals surface area contributed by atoms with Crippen molar-refractivity contribution in [1.29, 1.82) is 0 Å². The predicted octanol–water partition coefficient (Wildman–Crippen LogP) is 2.72. The van der Waals surface area contributed by atoms with Gasteiger partial charge in [-0.1, -0.05) is 18.2 Å². The molecule has 2 aliphatic heterocycles. The van der Waals surface area contributed by atoms with E-state index in [9.17, 15) is 0 Å². The molecule has 4 nitrogen and oxygen atoms in total. The van der Waals surface area contributed by atoms with Crippen molar-refractivity contribution in [2.45, 2.75) is 0 Å². The Labute approximate surface area is 148 Å². The summed E-state index contributed by atoms with van der Waals surface area (Å²) >= 11 is 0.464. The SMILES string of the molecule is C=C1OC(c2ccccc2)=NN1C.C=C1[Se]c2ccccc2N1C. The number of fused-ring (bicyclic) bond motifs is 1. The summed E-state index contributed by atoms with van der Waals surface area (Å²) in [5, 5.41) is 5.78. The zero-order valence-corrected chi connectivity index (χ0v) is 15.5. The third-order valence-electron chi connectivity index (χ3n) is 3.67. The number of para-hydroxylation sites is 1. The van der Waals surface area contributed by atoms with Crippen molar-refractivity contribution < 1.29 is 4.74 Å². The minimum atomic E-state index is 0.464. The Bertz CT molecular complexity index is 801. The molecule has 0 amide bonds. The van der Waals surface area contributed by atoms with Crippen molar-refractivity contribution in [3.05, 3.63) is 83.8 Å². The molecule has 2 heterocycles. The number of nitrogens with zero attached hydrogens (tertiary/aromatic N) is 3. The zero-order valence-electron chi connectivity index (χ0n) is 13.8. The Kier molecular flexibility index (Phi) is 4.74. The maximum absolute atomic E-state index is 5.34. The third kappa shape index (κ3) is 3.37. The van der Waals surface area contributed by atoms with Gasteiger partial charge >= 0.3 is 72.5 Å². The molecular formula is C19H19N3OSe. The number of benzene rings is 2. The molecule has 0 radical (unpaired) electrons. The molecule has 0 fully saturated rings. The average molecular weight is 384 g/mol. The fraction of sp³-hybridized carbons (Fsp3) is 0.105. The standard InChI is InChI=1S/C10H10N2O.C9H9NSe/c1-8-12(2)11-10(13-8)9-6-4-3-5-7-9;1-7-10(2)8-5-3-4-6-9(8)11-7/h3-7H,1H2,2H3;3-6H,1H2,2H3. The van der Waals surface area contributed by atoms with Gasteiger partial charge in [-0.2, -0.15) is 0 Å². The molecule has 0 bridgehead atoms. The van der Waals surface area contributed by atoms with Gasteiger partial charge in [-0.3, -0.25) is 0 Å². The molecule has 0 N–H and O–H groups in total. The molecule has 2 aliphatic rings. The second-order valence-corrected chi connectivity index (χ2v) is 7.65. The van der Waals surface area contributed by atoms with Crippen molar-refractivity contribution in [3.63, 3.8) is 0 Å². The van der Waals surface area contributed by atoms with Crippen LogP contribution in [-0.2, 0) is 4.74 Å². The van der Waals surface area contributed by atoms with Crippen molar-refractivity contribution in [1.82, 2.24) is 5.01 Å². The van der Waals surface area contributed by atoms with Crippen LogP contribution in [0.25, 0.3) is 0 Å². The number of hydrogen-bond acceptors (Lipinski definition) is 4. The molecular weight excluding hydrogens is 365 g/mol. The van der Waals surface area contributed by atoms with Crippen LogP contribution in [0, 0.1) is 0 Å². The molecule has 2 aromatic carbocycles. The third-order valence-corrected chi connectivity index (χ3v) is 5.92. The zero-order chi connectivity index (χ0) is 17.1. The monoisotopic (exact) mass is 385 g/mol. The van der Waals surface area contributed by atoms with Gasteiger partial charge in [0.25, 0.3) is 0 Å².